The Balaban J connectivity index is 0.000000148. The van der Waals surface area contributed by atoms with Crippen molar-refractivity contribution in [3.8, 4) is 58.5 Å². The van der Waals surface area contributed by atoms with Crippen molar-refractivity contribution in [2.75, 3.05) is 0 Å². The first-order valence-electron chi connectivity index (χ1n) is 13.8. The average molecular weight is 725 g/mol. The van der Waals surface area contributed by atoms with Gasteiger partial charge in [-0.05, 0) is 110 Å². The molecule has 0 aliphatic heterocycles. The van der Waals surface area contributed by atoms with Crippen molar-refractivity contribution in [1.82, 2.24) is 0 Å². The van der Waals surface area contributed by atoms with E-state index in [0.717, 1.165) is 0 Å². The minimum absolute atomic E-state index is 1.36. The van der Waals surface area contributed by atoms with Crippen LogP contribution in [0.4, 0.5) is 0 Å². The third-order valence-electron chi connectivity index (χ3n) is 6.40. The van der Waals surface area contributed by atoms with Crippen molar-refractivity contribution in [1.29, 1.82) is 1.28 Å². The highest BCUT2D eigenvalue weighted by Crippen LogP contribution is 2.44. The fourth-order valence-electron chi connectivity index (χ4n) is 4.38. The first-order valence-corrected chi connectivity index (χ1v) is 19.9. The van der Waals surface area contributed by atoms with Gasteiger partial charge in [0.15, 0.2) is 0 Å². The van der Waals surface area contributed by atoms with Gasteiger partial charge >= 0.3 is 0 Å². The van der Waals surface area contributed by atoms with Gasteiger partial charge in [-0.2, -0.15) is 9.84 Å². The third-order valence-corrected chi connectivity index (χ3v) is 15.7. The first kappa shape index (κ1) is 29.7. The predicted octanol–water partition coefficient (Wildman–Crippen LogP) is 14.5. The molecule has 9 heteroatoms. The summed E-state index contributed by atoms with van der Waals surface area (Å²) in [6.45, 7) is 4.33. The van der Waals surface area contributed by atoms with Gasteiger partial charge in [0.2, 0.25) is 0 Å². The number of aryl methyl sites for hydroxylation is 2. The van der Waals surface area contributed by atoms with Crippen molar-refractivity contribution in [2.45, 2.75) is 13.8 Å². The maximum atomic E-state index is 5.67. The summed E-state index contributed by atoms with van der Waals surface area (Å²) in [5, 5.41) is 4.27. The van der Waals surface area contributed by atoms with Crippen molar-refractivity contribution in [3.63, 3.8) is 0 Å². The molecule has 0 saturated carbocycles. The Labute approximate surface area is 289 Å². The molecule has 0 fully saturated rings. The lowest BCUT2D eigenvalue weighted by molar-refractivity contribution is 1.64. The molecule has 0 saturated heterocycles. The van der Waals surface area contributed by atoms with Crippen LogP contribution in [0.25, 0.3) is 58.5 Å². The Morgan fingerprint density at radius 2 is 0.605 bits per heavy atom. The second-order valence-corrected chi connectivity index (χ2v) is 18.2. The van der Waals surface area contributed by atoms with Crippen LogP contribution in [0.1, 0.15) is 9.75 Å². The number of rotatable bonds is 6. The minimum Gasteiger partial charge on any atom is -0.153 e. The molecule has 0 aliphatic carbocycles. The number of thiophene rings is 8. The summed E-state index contributed by atoms with van der Waals surface area (Å²) < 4.78 is 5.67. The Bertz CT molecular complexity index is 1880. The van der Waals surface area contributed by atoms with E-state index in [2.05, 4.69) is 122 Å². The van der Waals surface area contributed by atoms with Crippen LogP contribution in [0.2, 0.25) is 0 Å². The fraction of sp³-hybridized carbons (Fsp3) is 0.0588. The zero-order valence-electron chi connectivity index (χ0n) is 24.2. The van der Waals surface area contributed by atoms with E-state index < -0.39 is 0 Å². The van der Waals surface area contributed by atoms with E-state index in [4.69, 9.17) is 1.28 Å². The van der Waals surface area contributed by atoms with Crippen LogP contribution < -0.4 is 0 Å². The summed E-state index contributed by atoms with van der Waals surface area (Å²) in [5.74, 6) is 0. The molecule has 0 aromatic carbocycles. The topological polar surface area (TPSA) is 0 Å². The van der Waals surface area contributed by atoms with Gasteiger partial charge in [-0.15, -0.1) is 90.7 Å². The molecule has 8 aromatic rings. The highest BCUT2D eigenvalue weighted by Gasteiger charge is 2.11. The van der Waals surface area contributed by atoms with Crippen LogP contribution in [0.15, 0.2) is 108 Å². The first-order chi connectivity index (χ1) is 21.6. The second-order valence-electron chi connectivity index (χ2n) is 9.43. The van der Waals surface area contributed by atoms with Gasteiger partial charge in [-0.1, -0.05) is 12.1 Å². The second kappa shape index (κ2) is 14.0. The highest BCUT2D eigenvalue weighted by atomic mass is 32.1. The van der Waals surface area contributed by atoms with Gasteiger partial charge in [0.1, 0.15) is 0 Å². The van der Waals surface area contributed by atoms with Crippen molar-refractivity contribution in [3.05, 3.63) is 118 Å². The van der Waals surface area contributed by atoms with Crippen molar-refractivity contribution >= 4 is 101 Å². The normalized spacial score (nSPS) is 11.0. The van der Waals surface area contributed by atoms with Crippen LogP contribution in [-0.4, -0.2) is 1.28 Å². The average Bonchev–Trinajstić information content (AvgIpc) is 3.89. The molecule has 0 bridgehead atoms. The van der Waals surface area contributed by atoms with Crippen LogP contribution in [0.3, 0.4) is 0 Å². The molecular weight excluding hydrogens is 696 g/mol. The smallest absolute Gasteiger partial charge is 0.0511 e. The highest BCUT2D eigenvalue weighted by molar-refractivity contribution is 7.29. The maximum absolute atomic E-state index is 5.67. The van der Waals surface area contributed by atoms with E-state index in [-0.39, 0.29) is 0 Å². The zero-order chi connectivity index (χ0) is 30.5. The molecule has 8 aromatic heterocycles. The zero-order valence-corrected chi connectivity index (χ0v) is 30.9. The van der Waals surface area contributed by atoms with Crippen LogP contribution in [0.5, 0.6) is 0 Å². The summed E-state index contributed by atoms with van der Waals surface area (Å²) in [6, 6.07) is 35.4. The van der Waals surface area contributed by atoms with Crippen molar-refractivity contribution in [2.24, 2.45) is 0 Å². The summed E-state index contributed by atoms with van der Waals surface area (Å²) in [4.78, 5) is 19.1. The molecule has 216 valence electrons. The standard InChI is InChI=1S/C18H14S4.C16H10S4.H3P/c1-11-3-5-13(19-11)15-7-9-17(21-15)18-10-8-16(22-18)14-6-4-12(2)20-14;1-3-11(17-9-1)13-5-7-15(19-13)16-8-6-14(20-16)12-4-2-10-18-12;/h3-10H,1-2H3;1-10H;1H3/i;;1T. The molecule has 8 heterocycles. The van der Waals surface area contributed by atoms with Gasteiger partial charge in [-0.25, -0.2) is 0 Å². The van der Waals surface area contributed by atoms with E-state index in [1.54, 1.807) is 32.5 Å². The SMILES string of the molecule is Cc1ccc(-c2ccc(-c3ccc(-c4ccc(C)s4)s3)s2)s1.[3H]P.c1csc(-c2ccc(-c3ccc(-c4cccs4)s3)s2)c1. The predicted molar refractivity (Wildman–Crippen MR) is 209 cm³/mol. The quantitative estimate of drug-likeness (QED) is 0.150. The summed E-state index contributed by atoms with van der Waals surface area (Å²) in [6.07, 6.45) is 0. The van der Waals surface area contributed by atoms with Crippen LogP contribution in [-0.2, 0) is 0 Å². The Morgan fingerprint density at radius 1 is 0.349 bits per heavy atom. The molecule has 1 unspecified atom stereocenters. The molecular formula is C34H27PS8. The minimum atomic E-state index is 1.36. The van der Waals surface area contributed by atoms with E-state index in [1.807, 2.05) is 68.0 Å². The monoisotopic (exact) mass is 724 g/mol. The molecule has 43 heavy (non-hydrogen) atoms. The molecule has 0 nitrogen and oxygen atoms in total. The van der Waals surface area contributed by atoms with Crippen LogP contribution >= 0.6 is 101 Å². The van der Waals surface area contributed by atoms with E-state index in [1.165, 1.54) is 68.3 Å². The lowest BCUT2D eigenvalue weighted by atomic mass is 10.3. The third kappa shape index (κ3) is 7.14. The number of hydrogen-bond donors (Lipinski definition) is 0. The Kier molecular flexibility index (Phi) is 9.67. The number of hydrogen-bond acceptors (Lipinski definition) is 8. The lowest BCUT2D eigenvalue weighted by Gasteiger charge is -1.91. The Hall–Kier alpha value is -1.97. The molecule has 1 atom stereocenters. The Morgan fingerprint density at radius 3 is 0.837 bits per heavy atom. The van der Waals surface area contributed by atoms with Gasteiger partial charge < -0.3 is 0 Å². The van der Waals surface area contributed by atoms with E-state index in [0.29, 0.717) is 0 Å². The molecule has 0 N–H and O–H groups in total. The summed E-state index contributed by atoms with van der Waals surface area (Å²) in [5.41, 5.74) is 0. The molecule has 8 rings (SSSR count). The largest absolute Gasteiger partial charge is 0.153 e. The van der Waals surface area contributed by atoms with Gasteiger partial charge in [0.05, 0.1) is 1.28 Å². The van der Waals surface area contributed by atoms with E-state index >= 15 is 0 Å². The maximum Gasteiger partial charge on any atom is 0.0511 e. The summed E-state index contributed by atoms with van der Waals surface area (Å²) >= 11 is 14.9. The van der Waals surface area contributed by atoms with Crippen molar-refractivity contribution < 1.29 is 0 Å². The van der Waals surface area contributed by atoms with Gasteiger partial charge in [0, 0.05) is 68.3 Å². The van der Waals surface area contributed by atoms with Gasteiger partial charge in [0.25, 0.3) is 0 Å². The lowest BCUT2D eigenvalue weighted by Crippen LogP contribution is -1.58. The van der Waals surface area contributed by atoms with E-state index in [9.17, 15) is 0 Å². The molecule has 0 aliphatic rings. The molecule has 0 radical (unpaired) electrons. The van der Waals surface area contributed by atoms with Gasteiger partial charge in [-0.3, -0.25) is 0 Å². The fourth-order valence-corrected chi connectivity index (χ4v) is 12.2. The molecule has 0 spiro atoms. The van der Waals surface area contributed by atoms with Crippen LogP contribution in [0, 0.1) is 13.8 Å². The molecule has 0 amide bonds. The summed E-state index contributed by atoms with van der Waals surface area (Å²) in [7, 11) is 1.67.